The van der Waals surface area contributed by atoms with Crippen molar-refractivity contribution in [1.82, 2.24) is 0 Å². The zero-order valence-electron chi connectivity index (χ0n) is 8.24. The van der Waals surface area contributed by atoms with Gasteiger partial charge in [0.2, 0.25) is 9.84 Å². The molecule has 0 aromatic heterocycles. The molecule has 0 saturated carbocycles. The minimum atomic E-state index is -3.79. The van der Waals surface area contributed by atoms with Gasteiger partial charge in [-0.05, 0) is 18.2 Å². The molecule has 0 saturated heterocycles. The van der Waals surface area contributed by atoms with Crippen LogP contribution in [0.4, 0.5) is 4.39 Å². The highest BCUT2D eigenvalue weighted by Crippen LogP contribution is 2.20. The molecule has 16 heavy (non-hydrogen) atoms. The van der Waals surface area contributed by atoms with Crippen molar-refractivity contribution in [1.29, 1.82) is 0 Å². The van der Waals surface area contributed by atoms with Crippen LogP contribution in [0.5, 0.6) is 0 Å². The topological polar surface area (TPSA) is 60.4 Å². The first kappa shape index (κ1) is 12.9. The van der Waals surface area contributed by atoms with E-state index in [-0.39, 0.29) is 9.92 Å². The van der Waals surface area contributed by atoms with Gasteiger partial charge in [-0.25, -0.2) is 12.8 Å². The van der Waals surface area contributed by atoms with Crippen molar-refractivity contribution < 1.29 is 22.3 Å². The normalized spacial score (nSPS) is 11.2. The van der Waals surface area contributed by atoms with E-state index in [4.69, 9.17) is 11.6 Å². The van der Waals surface area contributed by atoms with Gasteiger partial charge in [-0.3, -0.25) is 4.79 Å². The van der Waals surface area contributed by atoms with E-state index in [2.05, 4.69) is 4.74 Å². The molecule has 1 aromatic carbocycles. The monoisotopic (exact) mass is 266 g/mol. The van der Waals surface area contributed by atoms with Gasteiger partial charge in [-0.2, -0.15) is 0 Å². The lowest BCUT2D eigenvalue weighted by Crippen LogP contribution is -2.12. The lowest BCUT2D eigenvalue weighted by Gasteiger charge is -2.05. The first-order valence-electron chi connectivity index (χ1n) is 4.14. The molecule has 0 atom stereocenters. The fraction of sp³-hybridized carbons (Fsp3) is 0.222. The Morgan fingerprint density at radius 3 is 2.62 bits per heavy atom. The predicted molar refractivity (Wildman–Crippen MR) is 55.2 cm³/mol. The number of esters is 1. The molecule has 0 spiro atoms. The molecule has 0 fully saturated rings. The lowest BCUT2D eigenvalue weighted by atomic mass is 10.3. The quantitative estimate of drug-likeness (QED) is 0.618. The Hall–Kier alpha value is -1.14. The van der Waals surface area contributed by atoms with E-state index < -0.39 is 27.6 Å². The number of ether oxygens (including phenoxy) is 1. The van der Waals surface area contributed by atoms with E-state index in [0.29, 0.717) is 0 Å². The molecule has 0 amide bonds. The van der Waals surface area contributed by atoms with Crippen LogP contribution in [0, 0.1) is 5.82 Å². The van der Waals surface area contributed by atoms with Crippen molar-refractivity contribution in [3.8, 4) is 0 Å². The number of benzene rings is 1. The highest BCUT2D eigenvalue weighted by molar-refractivity contribution is 7.91. The second-order valence-electron chi connectivity index (χ2n) is 2.94. The molecule has 88 valence electrons. The van der Waals surface area contributed by atoms with E-state index in [1.54, 1.807) is 0 Å². The zero-order chi connectivity index (χ0) is 12.3. The van der Waals surface area contributed by atoms with E-state index in [1.165, 1.54) is 0 Å². The second kappa shape index (κ2) is 4.80. The van der Waals surface area contributed by atoms with E-state index in [9.17, 15) is 17.6 Å². The van der Waals surface area contributed by atoms with Gasteiger partial charge >= 0.3 is 5.97 Å². The van der Waals surface area contributed by atoms with Crippen LogP contribution < -0.4 is 0 Å². The average Bonchev–Trinajstić information content (AvgIpc) is 2.19. The Kier molecular flexibility index (Phi) is 3.88. The summed E-state index contributed by atoms with van der Waals surface area (Å²) < 4.78 is 40.2. The van der Waals surface area contributed by atoms with Crippen molar-refractivity contribution in [3.05, 3.63) is 29.0 Å². The van der Waals surface area contributed by atoms with Gasteiger partial charge in [0.15, 0.2) is 5.94 Å². The molecule has 0 radical (unpaired) electrons. The maximum atomic E-state index is 12.8. The third-order valence-electron chi connectivity index (χ3n) is 1.67. The van der Waals surface area contributed by atoms with Gasteiger partial charge in [0, 0.05) is 6.92 Å². The van der Waals surface area contributed by atoms with Crippen LogP contribution in [0.2, 0.25) is 5.02 Å². The minimum Gasteiger partial charge on any atom is -0.449 e. The smallest absolute Gasteiger partial charge is 0.303 e. The maximum absolute atomic E-state index is 12.8. The minimum absolute atomic E-state index is 0.194. The van der Waals surface area contributed by atoms with Crippen LogP contribution in [-0.2, 0) is 19.4 Å². The Labute approximate surface area is 96.9 Å². The Morgan fingerprint density at radius 2 is 2.12 bits per heavy atom. The fourth-order valence-electron chi connectivity index (χ4n) is 0.899. The first-order valence-corrected chi connectivity index (χ1v) is 6.17. The van der Waals surface area contributed by atoms with Crippen molar-refractivity contribution in [2.45, 2.75) is 11.8 Å². The molecule has 4 nitrogen and oxygen atoms in total. The van der Waals surface area contributed by atoms with Crippen molar-refractivity contribution >= 4 is 27.4 Å². The first-order chi connectivity index (χ1) is 7.33. The van der Waals surface area contributed by atoms with Crippen LogP contribution in [0.3, 0.4) is 0 Å². The summed E-state index contributed by atoms with van der Waals surface area (Å²) in [4.78, 5) is 10.3. The molecular weight excluding hydrogens is 259 g/mol. The summed E-state index contributed by atoms with van der Waals surface area (Å²) in [7, 11) is -3.79. The van der Waals surface area contributed by atoms with E-state index in [0.717, 1.165) is 25.1 Å². The Balaban J connectivity index is 2.99. The molecule has 7 heteroatoms. The van der Waals surface area contributed by atoms with Crippen molar-refractivity contribution in [2.24, 2.45) is 0 Å². The van der Waals surface area contributed by atoms with E-state index in [1.807, 2.05) is 0 Å². The number of sulfone groups is 1. The summed E-state index contributed by atoms with van der Waals surface area (Å²) >= 11 is 5.44. The number of carbonyl (C=O) groups excluding carboxylic acids is 1. The average molecular weight is 267 g/mol. The van der Waals surface area contributed by atoms with Gasteiger partial charge in [0.05, 0.1) is 9.92 Å². The van der Waals surface area contributed by atoms with Crippen molar-refractivity contribution in [3.63, 3.8) is 0 Å². The molecule has 0 aliphatic rings. The maximum Gasteiger partial charge on any atom is 0.303 e. The number of halogens is 2. The van der Waals surface area contributed by atoms with Gasteiger partial charge in [-0.1, -0.05) is 11.6 Å². The van der Waals surface area contributed by atoms with Crippen LogP contribution in [0.15, 0.2) is 23.1 Å². The number of hydrogen-bond donors (Lipinski definition) is 0. The van der Waals surface area contributed by atoms with Gasteiger partial charge in [-0.15, -0.1) is 0 Å². The lowest BCUT2D eigenvalue weighted by molar-refractivity contribution is -0.138. The number of rotatable bonds is 3. The molecule has 0 N–H and O–H groups in total. The summed E-state index contributed by atoms with van der Waals surface area (Å²) in [6.45, 7) is 1.09. The van der Waals surface area contributed by atoms with Crippen LogP contribution in [0.25, 0.3) is 0 Å². The van der Waals surface area contributed by atoms with Crippen molar-refractivity contribution in [2.75, 3.05) is 5.94 Å². The summed E-state index contributed by atoms with van der Waals surface area (Å²) in [5.41, 5.74) is 0. The molecule has 0 heterocycles. The highest BCUT2D eigenvalue weighted by Gasteiger charge is 2.17. The second-order valence-corrected chi connectivity index (χ2v) is 5.29. The molecule has 0 bridgehead atoms. The van der Waals surface area contributed by atoms with Crippen LogP contribution in [0.1, 0.15) is 6.92 Å². The van der Waals surface area contributed by atoms with Gasteiger partial charge in [0.1, 0.15) is 5.82 Å². The fourth-order valence-corrected chi connectivity index (χ4v) is 2.17. The predicted octanol–water partition coefficient (Wildman–Crippen LogP) is 1.77. The number of hydrogen-bond acceptors (Lipinski definition) is 4. The highest BCUT2D eigenvalue weighted by atomic mass is 35.5. The molecule has 0 unspecified atom stereocenters. The van der Waals surface area contributed by atoms with E-state index >= 15 is 0 Å². The van der Waals surface area contributed by atoms with Gasteiger partial charge in [0.25, 0.3) is 0 Å². The standard InChI is InChI=1S/C9H8ClFO4S/c1-6(12)15-5-16(13,14)7-2-3-9(11)8(10)4-7/h2-4H,5H2,1H3. The summed E-state index contributed by atoms with van der Waals surface area (Å²) in [6.07, 6.45) is 0. The third-order valence-corrected chi connectivity index (χ3v) is 3.36. The zero-order valence-corrected chi connectivity index (χ0v) is 9.81. The summed E-state index contributed by atoms with van der Waals surface area (Å²) in [5, 5.41) is -0.302. The largest absolute Gasteiger partial charge is 0.449 e. The molecular formula is C9H8ClFO4S. The Bertz CT molecular complexity index is 512. The number of carbonyl (C=O) groups is 1. The summed E-state index contributed by atoms with van der Waals surface area (Å²) in [5.74, 6) is -2.21. The summed E-state index contributed by atoms with van der Waals surface area (Å²) in [6, 6.07) is 2.96. The molecule has 0 aliphatic heterocycles. The molecule has 0 aliphatic carbocycles. The van der Waals surface area contributed by atoms with Crippen LogP contribution in [-0.4, -0.2) is 20.3 Å². The molecule has 1 rings (SSSR count). The Morgan fingerprint density at radius 1 is 1.50 bits per heavy atom. The third kappa shape index (κ3) is 3.18. The van der Waals surface area contributed by atoms with Gasteiger partial charge < -0.3 is 4.74 Å². The SMILES string of the molecule is CC(=O)OCS(=O)(=O)c1ccc(F)c(Cl)c1. The van der Waals surface area contributed by atoms with Crippen LogP contribution >= 0.6 is 11.6 Å². The molecule has 1 aromatic rings.